The molecule has 1 atom stereocenters. The van der Waals surface area contributed by atoms with Crippen molar-refractivity contribution in [1.82, 2.24) is 25.1 Å². The van der Waals surface area contributed by atoms with Crippen LogP contribution in [-0.4, -0.2) is 57.3 Å². The third-order valence-corrected chi connectivity index (χ3v) is 4.21. The summed E-state index contributed by atoms with van der Waals surface area (Å²) < 4.78 is 12.0. The average Bonchev–Trinajstić information content (AvgIpc) is 3.26. The molecule has 24 heavy (non-hydrogen) atoms. The number of aromatic nitrogens is 4. The first kappa shape index (κ1) is 16.6. The first-order valence-electron chi connectivity index (χ1n) is 8.04. The maximum absolute atomic E-state index is 12.5. The summed E-state index contributed by atoms with van der Waals surface area (Å²) in [5, 5.41) is 12.2. The van der Waals surface area contributed by atoms with Crippen LogP contribution in [0.4, 0.5) is 0 Å². The minimum Gasteiger partial charge on any atom is -0.380 e. The molecule has 3 rings (SSSR count). The monoisotopic (exact) mass is 333 g/mol. The standard InChI is InChI=1S/C16H23N5O3/c1-16(2,3)14-11(10-24-18-14)7-21-9-13(17-19-21)15(22)20-6-5-12(8-20)23-4/h9-10,12H,5-8H2,1-4H3. The third kappa shape index (κ3) is 3.33. The number of hydrogen-bond acceptors (Lipinski definition) is 6. The van der Waals surface area contributed by atoms with E-state index in [9.17, 15) is 4.79 Å². The molecule has 1 amide bonds. The molecular weight excluding hydrogens is 310 g/mol. The number of rotatable bonds is 4. The van der Waals surface area contributed by atoms with Gasteiger partial charge in [0.05, 0.1) is 24.5 Å². The van der Waals surface area contributed by atoms with E-state index in [4.69, 9.17) is 9.26 Å². The second-order valence-corrected chi connectivity index (χ2v) is 7.14. The highest BCUT2D eigenvalue weighted by atomic mass is 16.5. The Kier molecular flexibility index (Phi) is 4.40. The molecular formula is C16H23N5O3. The fourth-order valence-corrected chi connectivity index (χ4v) is 2.90. The van der Waals surface area contributed by atoms with Crippen LogP contribution in [0.3, 0.4) is 0 Å². The Hall–Kier alpha value is -2.22. The van der Waals surface area contributed by atoms with Crippen molar-refractivity contribution >= 4 is 5.91 Å². The number of ether oxygens (including phenoxy) is 1. The van der Waals surface area contributed by atoms with Crippen molar-refractivity contribution in [2.45, 2.75) is 45.3 Å². The molecule has 1 saturated heterocycles. The molecule has 1 fully saturated rings. The van der Waals surface area contributed by atoms with Crippen molar-refractivity contribution in [3.63, 3.8) is 0 Å². The highest BCUT2D eigenvalue weighted by molar-refractivity contribution is 5.92. The quantitative estimate of drug-likeness (QED) is 0.842. The van der Waals surface area contributed by atoms with Crippen molar-refractivity contribution in [3.8, 4) is 0 Å². The maximum Gasteiger partial charge on any atom is 0.276 e. The number of carbonyl (C=O) groups excluding carboxylic acids is 1. The Bertz CT molecular complexity index is 715. The Morgan fingerprint density at radius 3 is 2.92 bits per heavy atom. The predicted molar refractivity (Wildman–Crippen MR) is 85.6 cm³/mol. The van der Waals surface area contributed by atoms with Gasteiger partial charge in [0.15, 0.2) is 5.69 Å². The third-order valence-electron chi connectivity index (χ3n) is 4.21. The molecule has 1 aliphatic heterocycles. The maximum atomic E-state index is 12.5. The van der Waals surface area contributed by atoms with Gasteiger partial charge in [-0.2, -0.15) is 0 Å². The fourth-order valence-electron chi connectivity index (χ4n) is 2.90. The lowest BCUT2D eigenvalue weighted by atomic mass is 9.89. The van der Waals surface area contributed by atoms with Gasteiger partial charge in [-0.15, -0.1) is 5.10 Å². The van der Waals surface area contributed by atoms with Gasteiger partial charge in [-0.25, -0.2) is 4.68 Å². The summed E-state index contributed by atoms with van der Waals surface area (Å²) >= 11 is 0. The highest BCUT2D eigenvalue weighted by Crippen LogP contribution is 2.24. The molecule has 2 aromatic rings. The summed E-state index contributed by atoms with van der Waals surface area (Å²) in [6.07, 6.45) is 4.25. The van der Waals surface area contributed by atoms with E-state index in [2.05, 4.69) is 36.2 Å². The van der Waals surface area contributed by atoms with Crippen molar-refractivity contribution in [3.05, 3.63) is 29.4 Å². The smallest absolute Gasteiger partial charge is 0.276 e. The number of likely N-dealkylation sites (tertiary alicyclic amines) is 1. The fraction of sp³-hybridized carbons (Fsp3) is 0.625. The summed E-state index contributed by atoms with van der Waals surface area (Å²) in [4.78, 5) is 14.2. The van der Waals surface area contributed by atoms with Crippen LogP contribution in [0.1, 0.15) is 48.9 Å². The van der Waals surface area contributed by atoms with Gasteiger partial charge >= 0.3 is 0 Å². The van der Waals surface area contributed by atoms with E-state index in [-0.39, 0.29) is 17.4 Å². The van der Waals surface area contributed by atoms with Crippen LogP contribution in [0.25, 0.3) is 0 Å². The molecule has 0 bridgehead atoms. The number of amides is 1. The van der Waals surface area contributed by atoms with E-state index in [0.717, 1.165) is 17.7 Å². The van der Waals surface area contributed by atoms with E-state index in [0.29, 0.717) is 25.3 Å². The van der Waals surface area contributed by atoms with Crippen molar-refractivity contribution in [2.24, 2.45) is 0 Å². The van der Waals surface area contributed by atoms with E-state index < -0.39 is 0 Å². The zero-order valence-electron chi connectivity index (χ0n) is 14.5. The Balaban J connectivity index is 1.70. The van der Waals surface area contributed by atoms with Gasteiger partial charge in [-0.05, 0) is 6.42 Å². The topological polar surface area (TPSA) is 86.3 Å². The highest BCUT2D eigenvalue weighted by Gasteiger charge is 2.28. The van der Waals surface area contributed by atoms with E-state index >= 15 is 0 Å². The number of carbonyl (C=O) groups is 1. The van der Waals surface area contributed by atoms with Gasteiger partial charge < -0.3 is 14.2 Å². The van der Waals surface area contributed by atoms with E-state index in [1.165, 1.54) is 0 Å². The molecule has 0 saturated carbocycles. The van der Waals surface area contributed by atoms with Gasteiger partial charge in [-0.1, -0.05) is 31.1 Å². The summed E-state index contributed by atoms with van der Waals surface area (Å²) in [6.45, 7) is 7.97. The Morgan fingerprint density at radius 2 is 2.25 bits per heavy atom. The second-order valence-electron chi connectivity index (χ2n) is 7.14. The van der Waals surface area contributed by atoms with Crippen molar-refractivity contribution < 1.29 is 14.1 Å². The predicted octanol–water partition coefficient (Wildman–Crippen LogP) is 1.47. The van der Waals surface area contributed by atoms with Crippen LogP contribution < -0.4 is 0 Å². The van der Waals surface area contributed by atoms with Gasteiger partial charge in [0, 0.05) is 31.2 Å². The summed E-state index contributed by atoms with van der Waals surface area (Å²) in [6, 6.07) is 0. The molecule has 0 aromatic carbocycles. The van der Waals surface area contributed by atoms with Crippen molar-refractivity contribution in [1.29, 1.82) is 0 Å². The molecule has 8 nitrogen and oxygen atoms in total. The van der Waals surface area contributed by atoms with Crippen LogP contribution >= 0.6 is 0 Å². The lowest BCUT2D eigenvalue weighted by Gasteiger charge is -2.16. The van der Waals surface area contributed by atoms with Crippen LogP contribution in [0.5, 0.6) is 0 Å². The van der Waals surface area contributed by atoms with Gasteiger partial charge in [0.25, 0.3) is 5.91 Å². The Labute approximate surface area is 140 Å². The number of methoxy groups -OCH3 is 1. The molecule has 0 aliphatic carbocycles. The molecule has 0 spiro atoms. The minimum atomic E-state index is -0.119. The number of nitrogens with zero attached hydrogens (tertiary/aromatic N) is 5. The van der Waals surface area contributed by atoms with Gasteiger partial charge in [-0.3, -0.25) is 4.79 Å². The molecule has 0 N–H and O–H groups in total. The van der Waals surface area contributed by atoms with Gasteiger partial charge in [0.1, 0.15) is 6.26 Å². The van der Waals surface area contributed by atoms with Crippen LogP contribution in [-0.2, 0) is 16.7 Å². The summed E-state index contributed by atoms with van der Waals surface area (Å²) in [7, 11) is 1.67. The SMILES string of the molecule is COC1CCN(C(=O)c2cn(Cc3conc3C(C)(C)C)nn2)C1. The average molecular weight is 333 g/mol. The zero-order valence-corrected chi connectivity index (χ0v) is 14.5. The molecule has 1 aliphatic rings. The Morgan fingerprint density at radius 1 is 1.46 bits per heavy atom. The summed E-state index contributed by atoms with van der Waals surface area (Å²) in [5.41, 5.74) is 2.05. The largest absolute Gasteiger partial charge is 0.380 e. The molecule has 1 unspecified atom stereocenters. The molecule has 0 radical (unpaired) electrons. The van der Waals surface area contributed by atoms with Crippen molar-refractivity contribution in [2.75, 3.05) is 20.2 Å². The minimum absolute atomic E-state index is 0.107. The number of hydrogen-bond donors (Lipinski definition) is 0. The molecule has 2 aromatic heterocycles. The first-order chi connectivity index (χ1) is 11.4. The van der Waals surface area contributed by atoms with E-state index in [1.807, 2.05) is 0 Å². The zero-order chi connectivity index (χ0) is 17.3. The lowest BCUT2D eigenvalue weighted by molar-refractivity contribution is 0.0719. The van der Waals surface area contributed by atoms with Crippen LogP contribution in [0, 0.1) is 0 Å². The van der Waals surface area contributed by atoms with Crippen LogP contribution in [0.2, 0.25) is 0 Å². The van der Waals surface area contributed by atoms with Gasteiger partial charge in [0.2, 0.25) is 0 Å². The molecule has 3 heterocycles. The first-order valence-corrected chi connectivity index (χ1v) is 8.04. The van der Waals surface area contributed by atoms with E-state index in [1.54, 1.807) is 29.2 Å². The molecule has 8 heteroatoms. The lowest BCUT2D eigenvalue weighted by Crippen LogP contribution is -2.30. The molecule has 130 valence electrons. The normalized spacial score (nSPS) is 18.3. The second kappa shape index (κ2) is 6.35. The van der Waals surface area contributed by atoms with Crippen LogP contribution in [0.15, 0.2) is 17.0 Å². The summed E-state index contributed by atoms with van der Waals surface area (Å²) in [5.74, 6) is -0.109.